The Morgan fingerprint density at radius 2 is 1.50 bits per heavy atom. The van der Waals surface area contributed by atoms with E-state index in [1.165, 1.54) is 0 Å². The maximum atomic E-state index is 12.2. The Morgan fingerprint density at radius 3 is 2.12 bits per heavy atom. The highest BCUT2D eigenvalue weighted by atomic mass is 16.2. The predicted molar refractivity (Wildman–Crippen MR) is 103 cm³/mol. The molecule has 6 heteroatoms. The predicted octanol–water partition coefficient (Wildman–Crippen LogP) is 4.04. The van der Waals surface area contributed by atoms with Gasteiger partial charge in [-0.3, -0.25) is 4.79 Å². The third-order valence-corrected chi connectivity index (χ3v) is 3.93. The van der Waals surface area contributed by atoms with Crippen molar-refractivity contribution in [3.05, 3.63) is 71.5 Å². The van der Waals surface area contributed by atoms with Gasteiger partial charge in [-0.15, -0.1) is 0 Å². The number of carbonyl (C=O) groups excluding carboxylic acids is 2. The lowest BCUT2D eigenvalue weighted by atomic mass is 10.1. The summed E-state index contributed by atoms with van der Waals surface area (Å²) in [6.45, 7) is 3.96. The van der Waals surface area contributed by atoms with Crippen molar-refractivity contribution in [3.63, 3.8) is 0 Å². The van der Waals surface area contributed by atoms with Crippen molar-refractivity contribution >= 4 is 23.3 Å². The van der Waals surface area contributed by atoms with Crippen LogP contribution in [0.15, 0.2) is 54.7 Å². The van der Waals surface area contributed by atoms with Crippen LogP contribution in [0.25, 0.3) is 11.1 Å². The summed E-state index contributed by atoms with van der Waals surface area (Å²) in [5.41, 5.74) is 10.8. The van der Waals surface area contributed by atoms with Crippen LogP contribution in [0.4, 0.5) is 16.2 Å². The van der Waals surface area contributed by atoms with Gasteiger partial charge in [0.1, 0.15) is 5.69 Å². The summed E-state index contributed by atoms with van der Waals surface area (Å²) in [6, 6.07) is 14.5. The van der Waals surface area contributed by atoms with E-state index in [2.05, 4.69) is 15.6 Å². The summed E-state index contributed by atoms with van der Waals surface area (Å²) in [4.78, 5) is 26.4. The molecule has 0 unspecified atom stereocenters. The van der Waals surface area contributed by atoms with Crippen LogP contribution in [0, 0.1) is 13.8 Å². The zero-order valence-electron chi connectivity index (χ0n) is 14.6. The average molecular weight is 348 g/mol. The SMILES string of the molecule is Cc1cc(C)cc(NC(=O)Nc2ccc(-c3cc[nH]c3C(N)=O)cc2)c1. The number of aromatic amines is 1. The first-order valence-electron chi connectivity index (χ1n) is 8.16. The largest absolute Gasteiger partial charge is 0.364 e. The lowest BCUT2D eigenvalue weighted by Crippen LogP contribution is -2.19. The third-order valence-electron chi connectivity index (χ3n) is 3.93. The lowest BCUT2D eigenvalue weighted by Gasteiger charge is -2.10. The number of carbonyl (C=O) groups is 2. The standard InChI is InChI=1S/C20H20N4O2/c1-12-9-13(2)11-16(10-12)24-20(26)23-15-5-3-14(4-6-15)17-7-8-22-18(17)19(21)25/h3-11,22H,1-2H3,(H2,21,25)(H2,23,24,26). The van der Waals surface area contributed by atoms with Crippen LogP contribution in [-0.2, 0) is 0 Å². The van der Waals surface area contributed by atoms with Crippen molar-refractivity contribution in [2.24, 2.45) is 5.73 Å². The molecule has 0 bridgehead atoms. The lowest BCUT2D eigenvalue weighted by molar-refractivity contribution is 0.0997. The first kappa shape index (κ1) is 17.3. The van der Waals surface area contributed by atoms with Crippen LogP contribution in [0.2, 0.25) is 0 Å². The molecule has 0 aliphatic carbocycles. The Balaban J connectivity index is 1.70. The van der Waals surface area contributed by atoms with E-state index < -0.39 is 5.91 Å². The number of primary amides is 1. The van der Waals surface area contributed by atoms with Gasteiger partial charge in [0.05, 0.1) is 0 Å². The van der Waals surface area contributed by atoms with Gasteiger partial charge >= 0.3 is 6.03 Å². The molecule has 0 fully saturated rings. The molecule has 0 aliphatic rings. The number of amides is 3. The van der Waals surface area contributed by atoms with E-state index in [-0.39, 0.29) is 6.03 Å². The molecule has 132 valence electrons. The monoisotopic (exact) mass is 348 g/mol. The fourth-order valence-electron chi connectivity index (χ4n) is 2.89. The highest BCUT2D eigenvalue weighted by Crippen LogP contribution is 2.24. The zero-order chi connectivity index (χ0) is 18.7. The fourth-order valence-corrected chi connectivity index (χ4v) is 2.89. The molecule has 0 radical (unpaired) electrons. The minimum atomic E-state index is -0.514. The number of hydrogen-bond donors (Lipinski definition) is 4. The number of hydrogen-bond acceptors (Lipinski definition) is 2. The average Bonchev–Trinajstić information content (AvgIpc) is 3.04. The molecule has 5 N–H and O–H groups in total. The minimum absolute atomic E-state index is 0.317. The normalized spacial score (nSPS) is 10.4. The Hall–Kier alpha value is -3.54. The van der Waals surface area contributed by atoms with Gasteiger partial charge < -0.3 is 21.4 Å². The number of nitrogens with two attached hydrogens (primary N) is 1. The topological polar surface area (TPSA) is 100 Å². The van der Waals surface area contributed by atoms with Crippen molar-refractivity contribution in [1.82, 2.24) is 4.98 Å². The van der Waals surface area contributed by atoms with Crippen molar-refractivity contribution in [3.8, 4) is 11.1 Å². The minimum Gasteiger partial charge on any atom is -0.364 e. The van der Waals surface area contributed by atoms with Gasteiger partial charge in [-0.2, -0.15) is 0 Å². The number of benzene rings is 2. The van der Waals surface area contributed by atoms with Gasteiger partial charge in [0.25, 0.3) is 5.91 Å². The molecule has 0 aliphatic heterocycles. The van der Waals surface area contributed by atoms with Crippen LogP contribution >= 0.6 is 0 Å². The Labute approximate surface area is 151 Å². The fraction of sp³-hybridized carbons (Fsp3) is 0.100. The second-order valence-corrected chi connectivity index (χ2v) is 6.16. The van der Waals surface area contributed by atoms with E-state index in [1.807, 2.05) is 44.2 Å². The number of nitrogens with one attached hydrogen (secondary N) is 3. The molecular formula is C20H20N4O2. The summed E-state index contributed by atoms with van der Waals surface area (Å²) in [5.74, 6) is -0.514. The molecule has 3 amide bonds. The zero-order valence-corrected chi connectivity index (χ0v) is 14.6. The van der Waals surface area contributed by atoms with Gasteiger partial charge in [0.15, 0.2) is 0 Å². The van der Waals surface area contributed by atoms with Crippen LogP contribution in [0.1, 0.15) is 21.6 Å². The molecule has 0 saturated heterocycles. The maximum absolute atomic E-state index is 12.2. The quantitative estimate of drug-likeness (QED) is 0.572. The highest BCUT2D eigenvalue weighted by molar-refractivity contribution is 6.00. The van der Waals surface area contributed by atoms with Crippen molar-refractivity contribution in [2.75, 3.05) is 10.6 Å². The summed E-state index contributed by atoms with van der Waals surface area (Å²) in [5, 5.41) is 5.61. The molecule has 0 saturated carbocycles. The first-order valence-corrected chi connectivity index (χ1v) is 8.16. The molecule has 0 spiro atoms. The molecule has 3 rings (SSSR count). The van der Waals surface area contributed by atoms with E-state index in [1.54, 1.807) is 24.4 Å². The number of urea groups is 1. The Bertz CT molecular complexity index is 938. The van der Waals surface area contributed by atoms with E-state index in [0.717, 1.165) is 27.9 Å². The van der Waals surface area contributed by atoms with Gasteiger partial charge in [0.2, 0.25) is 0 Å². The number of rotatable bonds is 4. The summed E-state index contributed by atoms with van der Waals surface area (Å²) in [7, 11) is 0. The Kier molecular flexibility index (Phi) is 4.75. The highest BCUT2D eigenvalue weighted by Gasteiger charge is 2.11. The number of aromatic nitrogens is 1. The van der Waals surface area contributed by atoms with Crippen LogP contribution < -0.4 is 16.4 Å². The Morgan fingerprint density at radius 1 is 0.885 bits per heavy atom. The van der Waals surface area contributed by atoms with Crippen LogP contribution in [-0.4, -0.2) is 16.9 Å². The second-order valence-electron chi connectivity index (χ2n) is 6.16. The molecule has 6 nitrogen and oxygen atoms in total. The number of aryl methyl sites for hydroxylation is 2. The van der Waals surface area contributed by atoms with Crippen molar-refractivity contribution in [2.45, 2.75) is 13.8 Å². The summed E-state index contributed by atoms with van der Waals surface area (Å²) < 4.78 is 0. The van der Waals surface area contributed by atoms with Gasteiger partial charge in [0, 0.05) is 23.1 Å². The van der Waals surface area contributed by atoms with Crippen LogP contribution in [0.5, 0.6) is 0 Å². The molecular weight excluding hydrogens is 328 g/mol. The maximum Gasteiger partial charge on any atom is 0.323 e. The van der Waals surface area contributed by atoms with Gasteiger partial charge in [-0.25, -0.2) is 4.79 Å². The number of H-pyrrole nitrogens is 1. The molecule has 0 atom stereocenters. The molecule has 2 aromatic carbocycles. The molecule has 3 aromatic rings. The van der Waals surface area contributed by atoms with E-state index in [4.69, 9.17) is 5.73 Å². The third kappa shape index (κ3) is 3.92. The summed E-state index contributed by atoms with van der Waals surface area (Å²) >= 11 is 0. The van der Waals surface area contributed by atoms with E-state index in [0.29, 0.717) is 11.4 Å². The van der Waals surface area contributed by atoms with Gasteiger partial charge in [-0.1, -0.05) is 18.2 Å². The van der Waals surface area contributed by atoms with E-state index in [9.17, 15) is 9.59 Å². The molecule has 1 heterocycles. The number of anilines is 2. The smallest absolute Gasteiger partial charge is 0.323 e. The second kappa shape index (κ2) is 7.14. The molecule has 26 heavy (non-hydrogen) atoms. The summed E-state index contributed by atoms with van der Waals surface area (Å²) in [6.07, 6.45) is 1.67. The van der Waals surface area contributed by atoms with Crippen molar-refractivity contribution in [1.29, 1.82) is 0 Å². The van der Waals surface area contributed by atoms with Crippen LogP contribution in [0.3, 0.4) is 0 Å². The van der Waals surface area contributed by atoms with Gasteiger partial charge in [-0.05, 0) is 60.9 Å². The molecule has 1 aromatic heterocycles. The van der Waals surface area contributed by atoms with Crippen molar-refractivity contribution < 1.29 is 9.59 Å². The first-order chi connectivity index (χ1) is 12.4. The van der Waals surface area contributed by atoms with E-state index >= 15 is 0 Å².